The van der Waals surface area contributed by atoms with E-state index in [1.54, 1.807) is 6.07 Å². The molecule has 146 valence electrons. The highest BCUT2D eigenvalue weighted by Crippen LogP contribution is 2.37. The second kappa shape index (κ2) is 7.82. The highest BCUT2D eigenvalue weighted by atomic mass is 32.1. The van der Waals surface area contributed by atoms with Crippen LogP contribution in [-0.4, -0.2) is 46.8 Å². The summed E-state index contributed by atoms with van der Waals surface area (Å²) in [4.78, 5) is 28.6. The predicted octanol–water partition coefficient (Wildman–Crippen LogP) is 3.25. The van der Waals surface area contributed by atoms with Gasteiger partial charge in [-0.2, -0.15) is 5.10 Å². The Hall–Kier alpha value is -2.19. The molecule has 0 saturated carbocycles. The van der Waals surface area contributed by atoms with Crippen LogP contribution in [0.5, 0.6) is 0 Å². The highest BCUT2D eigenvalue weighted by Gasteiger charge is 2.29. The molecule has 0 bridgehead atoms. The first-order chi connectivity index (χ1) is 12.8. The minimum absolute atomic E-state index is 0.172. The number of nitrogens with one attached hydrogen (secondary N) is 1. The number of ether oxygens (including phenoxy) is 1. The molecule has 3 heterocycles. The quantitative estimate of drug-likeness (QED) is 0.793. The molecule has 0 unspecified atom stereocenters. The van der Waals surface area contributed by atoms with E-state index in [2.05, 4.69) is 22.2 Å². The number of carbonyl (C=O) groups is 2. The first-order valence-electron chi connectivity index (χ1n) is 9.18. The number of nitrogens with zero attached hydrogens (tertiary/aromatic N) is 3. The van der Waals surface area contributed by atoms with Crippen molar-refractivity contribution in [3.63, 3.8) is 0 Å². The number of aromatic nitrogens is 2. The fourth-order valence-electron chi connectivity index (χ4n) is 3.42. The lowest BCUT2D eigenvalue weighted by molar-refractivity contribution is 0.0600. The van der Waals surface area contributed by atoms with Crippen LogP contribution in [0.4, 0.5) is 5.00 Å². The number of likely N-dealkylation sites (N-methyl/N-ethyl adjacent to an activating group) is 1. The minimum atomic E-state index is -0.406. The van der Waals surface area contributed by atoms with E-state index < -0.39 is 5.97 Å². The molecule has 0 aromatic carbocycles. The number of amides is 1. The van der Waals surface area contributed by atoms with Gasteiger partial charge in [0.2, 0.25) is 0 Å². The summed E-state index contributed by atoms with van der Waals surface area (Å²) in [5.41, 5.74) is 2.75. The lowest BCUT2D eigenvalue weighted by atomic mass is 10.0. The van der Waals surface area contributed by atoms with E-state index >= 15 is 0 Å². The molecule has 0 aliphatic carbocycles. The number of hydrogen-bond donors (Lipinski definition) is 1. The zero-order valence-corrected chi connectivity index (χ0v) is 17.3. The van der Waals surface area contributed by atoms with Crippen LogP contribution in [0.3, 0.4) is 0 Å². The first kappa shape index (κ1) is 19.6. The fourth-order valence-corrected chi connectivity index (χ4v) is 4.69. The van der Waals surface area contributed by atoms with Crippen molar-refractivity contribution in [1.29, 1.82) is 0 Å². The zero-order valence-electron chi connectivity index (χ0n) is 16.5. The van der Waals surface area contributed by atoms with Gasteiger partial charge < -0.3 is 10.1 Å². The second-order valence-corrected chi connectivity index (χ2v) is 8.09. The van der Waals surface area contributed by atoms with Crippen molar-refractivity contribution in [2.75, 3.05) is 25.5 Å². The van der Waals surface area contributed by atoms with Crippen LogP contribution in [-0.2, 0) is 17.7 Å². The van der Waals surface area contributed by atoms with Gasteiger partial charge in [0.25, 0.3) is 5.91 Å². The number of anilines is 1. The molecular weight excluding hydrogens is 364 g/mol. The molecular formula is C19H26N4O3S. The number of thiophene rings is 1. The molecule has 0 atom stereocenters. The van der Waals surface area contributed by atoms with Gasteiger partial charge in [0.1, 0.15) is 5.00 Å². The van der Waals surface area contributed by atoms with E-state index in [1.807, 2.05) is 25.5 Å². The smallest absolute Gasteiger partial charge is 0.341 e. The van der Waals surface area contributed by atoms with Crippen molar-refractivity contribution in [2.24, 2.45) is 0 Å². The summed E-state index contributed by atoms with van der Waals surface area (Å²) in [7, 11) is 1.37. The van der Waals surface area contributed by atoms with Gasteiger partial charge in [-0.25, -0.2) is 4.79 Å². The third-order valence-corrected chi connectivity index (χ3v) is 5.98. The molecule has 1 N–H and O–H groups in total. The topological polar surface area (TPSA) is 76.5 Å². The Morgan fingerprint density at radius 2 is 2.15 bits per heavy atom. The lowest BCUT2D eigenvalue weighted by Crippen LogP contribution is -2.29. The zero-order chi connectivity index (χ0) is 19.7. The van der Waals surface area contributed by atoms with Gasteiger partial charge >= 0.3 is 5.97 Å². The molecule has 7 nitrogen and oxygen atoms in total. The molecule has 27 heavy (non-hydrogen) atoms. The maximum absolute atomic E-state index is 12.8. The monoisotopic (exact) mass is 390 g/mol. The molecule has 2 aromatic rings. The van der Waals surface area contributed by atoms with E-state index in [0.29, 0.717) is 16.3 Å². The maximum Gasteiger partial charge on any atom is 0.341 e. The summed E-state index contributed by atoms with van der Waals surface area (Å²) in [6, 6.07) is 1.94. The van der Waals surface area contributed by atoms with Gasteiger partial charge in [0, 0.05) is 29.7 Å². The summed E-state index contributed by atoms with van der Waals surface area (Å²) in [5.74, 6) is -0.717. The van der Waals surface area contributed by atoms with Gasteiger partial charge in [-0.3, -0.25) is 14.4 Å². The molecule has 0 spiro atoms. The van der Waals surface area contributed by atoms with Gasteiger partial charge in [-0.05, 0) is 45.4 Å². The van der Waals surface area contributed by atoms with E-state index in [9.17, 15) is 9.59 Å². The Bertz CT molecular complexity index is 869. The number of fused-ring (bicyclic) bond motifs is 1. The number of carbonyl (C=O) groups excluding carboxylic acids is 2. The number of esters is 1. The SMILES string of the molecule is CCN1CCc2c(sc(NC(=O)c3cc(C)n(C(C)C)n3)c2C(=O)OC)C1. The Labute approximate surface area is 163 Å². The molecule has 0 fully saturated rings. The van der Waals surface area contributed by atoms with E-state index in [4.69, 9.17) is 4.74 Å². The van der Waals surface area contributed by atoms with Crippen molar-refractivity contribution in [3.05, 3.63) is 33.5 Å². The largest absolute Gasteiger partial charge is 0.465 e. The van der Waals surface area contributed by atoms with Crippen LogP contribution in [0.1, 0.15) is 63.8 Å². The third-order valence-electron chi connectivity index (χ3n) is 4.84. The number of hydrogen-bond acceptors (Lipinski definition) is 6. The highest BCUT2D eigenvalue weighted by molar-refractivity contribution is 7.17. The summed E-state index contributed by atoms with van der Waals surface area (Å²) in [6.07, 6.45) is 0.779. The molecule has 1 amide bonds. The van der Waals surface area contributed by atoms with Gasteiger partial charge in [-0.1, -0.05) is 6.92 Å². The second-order valence-electron chi connectivity index (χ2n) is 6.98. The van der Waals surface area contributed by atoms with Crippen molar-refractivity contribution in [1.82, 2.24) is 14.7 Å². The van der Waals surface area contributed by atoms with Crippen LogP contribution in [0.15, 0.2) is 6.07 Å². The number of methoxy groups -OCH3 is 1. The van der Waals surface area contributed by atoms with Crippen LogP contribution in [0, 0.1) is 6.92 Å². The average Bonchev–Trinajstić information content (AvgIpc) is 3.20. The number of rotatable bonds is 5. The van der Waals surface area contributed by atoms with E-state index in [-0.39, 0.29) is 11.9 Å². The van der Waals surface area contributed by atoms with Gasteiger partial charge in [0.05, 0.1) is 12.7 Å². The Morgan fingerprint density at radius 3 is 2.74 bits per heavy atom. The normalized spacial score (nSPS) is 14.3. The average molecular weight is 391 g/mol. The van der Waals surface area contributed by atoms with Crippen molar-refractivity contribution in [2.45, 2.75) is 46.7 Å². The molecule has 8 heteroatoms. The fraction of sp³-hybridized carbons (Fsp3) is 0.526. The summed E-state index contributed by atoms with van der Waals surface area (Å²) in [6.45, 7) is 10.7. The van der Waals surface area contributed by atoms with E-state index in [0.717, 1.165) is 42.2 Å². The molecule has 1 aliphatic heterocycles. The van der Waals surface area contributed by atoms with Gasteiger partial charge in [-0.15, -0.1) is 11.3 Å². The van der Waals surface area contributed by atoms with E-state index in [1.165, 1.54) is 18.4 Å². The molecule has 2 aromatic heterocycles. The Morgan fingerprint density at radius 1 is 1.41 bits per heavy atom. The van der Waals surface area contributed by atoms with Crippen LogP contribution in [0.2, 0.25) is 0 Å². The lowest BCUT2D eigenvalue weighted by Gasteiger charge is -2.25. The molecule has 1 aliphatic rings. The van der Waals surface area contributed by atoms with Crippen LogP contribution in [0.25, 0.3) is 0 Å². The Kier molecular flexibility index (Phi) is 5.67. The summed E-state index contributed by atoms with van der Waals surface area (Å²) in [5, 5.41) is 7.84. The standard InChI is InChI=1S/C19H26N4O3S/c1-6-22-8-7-13-15(10-22)27-18(16(13)19(25)26-5)20-17(24)14-9-12(4)23(21-14)11(2)3/h9,11H,6-8,10H2,1-5H3,(H,20,24). The number of aryl methyl sites for hydroxylation is 1. The van der Waals surface area contributed by atoms with Crippen molar-refractivity contribution < 1.29 is 14.3 Å². The molecule has 0 saturated heterocycles. The molecule has 0 radical (unpaired) electrons. The molecule has 3 rings (SSSR count). The van der Waals surface area contributed by atoms with Gasteiger partial charge in [0.15, 0.2) is 5.69 Å². The van der Waals surface area contributed by atoms with Crippen LogP contribution >= 0.6 is 11.3 Å². The van der Waals surface area contributed by atoms with Crippen molar-refractivity contribution in [3.8, 4) is 0 Å². The van der Waals surface area contributed by atoms with Crippen LogP contribution < -0.4 is 5.32 Å². The Balaban J connectivity index is 1.92. The van der Waals surface area contributed by atoms with Crippen molar-refractivity contribution >= 4 is 28.2 Å². The third kappa shape index (κ3) is 3.77. The summed E-state index contributed by atoms with van der Waals surface area (Å²) < 4.78 is 6.79. The first-order valence-corrected chi connectivity index (χ1v) is 10.00. The maximum atomic E-state index is 12.8. The summed E-state index contributed by atoms with van der Waals surface area (Å²) >= 11 is 1.46. The predicted molar refractivity (Wildman–Crippen MR) is 106 cm³/mol. The minimum Gasteiger partial charge on any atom is -0.465 e.